The summed E-state index contributed by atoms with van der Waals surface area (Å²) in [5.41, 5.74) is 0.696. The van der Waals surface area contributed by atoms with E-state index in [1.165, 1.54) is 0 Å². The van der Waals surface area contributed by atoms with Crippen molar-refractivity contribution in [2.45, 2.75) is 32.4 Å². The zero-order chi connectivity index (χ0) is 17.9. The maximum Gasteiger partial charge on any atom is 0.407 e. The van der Waals surface area contributed by atoms with E-state index in [0.29, 0.717) is 24.2 Å². The predicted octanol–water partition coefficient (Wildman–Crippen LogP) is 3.45. The molecule has 2 aromatic rings. The molecule has 2 heterocycles. The van der Waals surface area contributed by atoms with E-state index in [4.69, 9.17) is 32.7 Å². The molecule has 2 aromatic heterocycles. The smallest absolute Gasteiger partial charge is 0.407 e. The van der Waals surface area contributed by atoms with Gasteiger partial charge in [-0.15, -0.1) is 0 Å². The molecule has 7 nitrogen and oxygen atoms in total. The van der Waals surface area contributed by atoms with E-state index >= 15 is 0 Å². The second-order valence-electron chi connectivity index (χ2n) is 6.23. The third-order valence-electron chi connectivity index (χ3n) is 3.13. The number of fused-ring (bicyclic) bond motifs is 1. The minimum Gasteiger partial charge on any atom is -0.444 e. The Morgan fingerprint density at radius 3 is 2.71 bits per heavy atom. The molecule has 2 rings (SSSR count). The van der Waals surface area contributed by atoms with Crippen molar-refractivity contribution in [3.63, 3.8) is 0 Å². The number of halogens is 2. The minimum atomic E-state index is -0.561. The zero-order valence-corrected chi connectivity index (χ0v) is 15.5. The molecule has 132 valence electrons. The van der Waals surface area contributed by atoms with Crippen LogP contribution in [0.15, 0.2) is 12.3 Å². The summed E-state index contributed by atoms with van der Waals surface area (Å²) in [6.45, 7) is 6.07. The number of methoxy groups -OCH3 is 1. The summed E-state index contributed by atoms with van der Waals surface area (Å²) in [5, 5.41) is 3.06. The number of rotatable bonds is 5. The lowest BCUT2D eigenvalue weighted by atomic mass is 10.2. The summed E-state index contributed by atoms with van der Waals surface area (Å²) in [6.07, 6.45) is 1.31. The lowest BCUT2D eigenvalue weighted by Gasteiger charge is -2.23. The molecule has 0 saturated carbocycles. The molecule has 0 aliphatic rings. The molecule has 0 spiro atoms. The van der Waals surface area contributed by atoms with Gasteiger partial charge in [-0.05, 0) is 38.4 Å². The van der Waals surface area contributed by atoms with E-state index in [1.807, 2.05) is 10.8 Å². The van der Waals surface area contributed by atoms with Crippen LogP contribution in [0.5, 0.6) is 0 Å². The molecule has 1 amide bonds. The third-order valence-corrected chi connectivity index (χ3v) is 3.56. The Labute approximate surface area is 150 Å². The number of alkyl carbamates (subject to hydrolysis) is 1. The molecule has 0 aliphatic heterocycles. The Morgan fingerprint density at radius 2 is 2.08 bits per heavy atom. The average Bonchev–Trinajstić information content (AvgIpc) is 2.85. The fraction of sp³-hybridized carbons (Fsp3) is 0.533. The number of nitrogens with zero attached hydrogens (tertiary/aromatic N) is 3. The standard InChI is InChI=1S/C15H20Cl2N4O3/c1-15(2,3)24-14(22)18-7-9(8-23-4)21-6-5-10-11(21)12(16)20-13(17)19-10/h5-6,9H,7-8H2,1-4H3,(H,18,22)/t9-/m1/s1. The van der Waals surface area contributed by atoms with Gasteiger partial charge in [-0.2, -0.15) is 0 Å². The van der Waals surface area contributed by atoms with E-state index < -0.39 is 11.7 Å². The van der Waals surface area contributed by atoms with Crippen LogP contribution in [0.1, 0.15) is 26.8 Å². The van der Waals surface area contributed by atoms with Crippen LogP contribution in [-0.4, -0.2) is 46.5 Å². The molecule has 1 atom stereocenters. The predicted molar refractivity (Wildman–Crippen MR) is 92.7 cm³/mol. The number of ether oxygens (including phenoxy) is 2. The Balaban J connectivity index is 2.20. The molecule has 0 fully saturated rings. The highest BCUT2D eigenvalue weighted by molar-refractivity contribution is 6.35. The summed E-state index contributed by atoms with van der Waals surface area (Å²) in [5.74, 6) is 0. The zero-order valence-electron chi connectivity index (χ0n) is 14.0. The van der Waals surface area contributed by atoms with Crippen molar-refractivity contribution in [2.75, 3.05) is 20.3 Å². The third kappa shape index (κ3) is 4.72. The lowest BCUT2D eigenvalue weighted by molar-refractivity contribution is 0.0509. The van der Waals surface area contributed by atoms with Crippen LogP contribution in [0.3, 0.4) is 0 Å². The van der Waals surface area contributed by atoms with Crippen molar-refractivity contribution < 1.29 is 14.3 Å². The highest BCUT2D eigenvalue weighted by Gasteiger charge is 2.20. The first-order valence-corrected chi connectivity index (χ1v) is 8.12. The van der Waals surface area contributed by atoms with Gasteiger partial charge in [-0.1, -0.05) is 11.6 Å². The number of nitrogens with one attached hydrogen (secondary N) is 1. The largest absolute Gasteiger partial charge is 0.444 e. The summed E-state index contributed by atoms with van der Waals surface area (Å²) < 4.78 is 12.3. The molecule has 0 saturated heterocycles. The van der Waals surface area contributed by atoms with Gasteiger partial charge < -0.3 is 19.4 Å². The Bertz CT molecular complexity index is 727. The summed E-state index contributed by atoms with van der Waals surface area (Å²) in [4.78, 5) is 20.0. The van der Waals surface area contributed by atoms with Crippen molar-refractivity contribution in [1.82, 2.24) is 19.9 Å². The molecule has 0 unspecified atom stereocenters. The first kappa shape index (κ1) is 18.8. The van der Waals surface area contributed by atoms with E-state index in [1.54, 1.807) is 33.9 Å². The fourth-order valence-electron chi connectivity index (χ4n) is 2.25. The molecule has 0 aromatic carbocycles. The molecule has 1 N–H and O–H groups in total. The number of carbonyl (C=O) groups is 1. The second-order valence-corrected chi connectivity index (χ2v) is 6.93. The molecule has 0 aliphatic carbocycles. The first-order chi connectivity index (χ1) is 11.2. The molecular weight excluding hydrogens is 355 g/mol. The Kier molecular flexibility index (Phi) is 5.90. The fourth-order valence-corrected chi connectivity index (χ4v) is 2.74. The molecule has 24 heavy (non-hydrogen) atoms. The topological polar surface area (TPSA) is 78.3 Å². The van der Waals surface area contributed by atoms with Gasteiger partial charge in [0.05, 0.1) is 18.2 Å². The van der Waals surface area contributed by atoms with E-state index in [-0.39, 0.29) is 16.5 Å². The van der Waals surface area contributed by atoms with Gasteiger partial charge in [0.15, 0.2) is 5.15 Å². The van der Waals surface area contributed by atoms with Gasteiger partial charge in [0.1, 0.15) is 11.1 Å². The minimum absolute atomic E-state index is 0.0837. The van der Waals surface area contributed by atoms with Gasteiger partial charge in [-0.25, -0.2) is 14.8 Å². The molecule has 9 heteroatoms. The first-order valence-electron chi connectivity index (χ1n) is 7.36. The van der Waals surface area contributed by atoms with Crippen LogP contribution in [0.2, 0.25) is 10.4 Å². The van der Waals surface area contributed by atoms with Crippen molar-refractivity contribution in [2.24, 2.45) is 0 Å². The van der Waals surface area contributed by atoms with Gasteiger partial charge in [0.25, 0.3) is 0 Å². The van der Waals surface area contributed by atoms with E-state index in [9.17, 15) is 4.79 Å². The molecule has 0 radical (unpaired) electrons. The summed E-state index contributed by atoms with van der Waals surface area (Å²) in [7, 11) is 1.58. The maximum absolute atomic E-state index is 11.9. The lowest BCUT2D eigenvalue weighted by Crippen LogP contribution is -2.37. The average molecular weight is 375 g/mol. The van der Waals surface area contributed by atoms with Crippen LogP contribution in [0.25, 0.3) is 11.0 Å². The quantitative estimate of drug-likeness (QED) is 0.640. The van der Waals surface area contributed by atoms with Crippen LogP contribution in [-0.2, 0) is 9.47 Å². The second kappa shape index (κ2) is 7.55. The van der Waals surface area contributed by atoms with Crippen LogP contribution in [0.4, 0.5) is 4.79 Å². The van der Waals surface area contributed by atoms with Crippen molar-refractivity contribution in [3.8, 4) is 0 Å². The van der Waals surface area contributed by atoms with Crippen LogP contribution in [0, 0.1) is 0 Å². The highest BCUT2D eigenvalue weighted by atomic mass is 35.5. The number of hydrogen-bond donors (Lipinski definition) is 1. The molecular formula is C15H20Cl2N4O3. The van der Waals surface area contributed by atoms with E-state index in [0.717, 1.165) is 0 Å². The number of amides is 1. The van der Waals surface area contributed by atoms with Crippen molar-refractivity contribution in [3.05, 3.63) is 22.7 Å². The van der Waals surface area contributed by atoms with Gasteiger partial charge in [0.2, 0.25) is 5.28 Å². The van der Waals surface area contributed by atoms with Gasteiger partial charge in [-0.3, -0.25) is 0 Å². The van der Waals surface area contributed by atoms with Gasteiger partial charge in [0, 0.05) is 19.9 Å². The Morgan fingerprint density at radius 1 is 1.38 bits per heavy atom. The maximum atomic E-state index is 11.9. The number of carbonyl (C=O) groups excluding carboxylic acids is 1. The Hall–Kier alpha value is -1.57. The monoisotopic (exact) mass is 374 g/mol. The number of hydrogen-bond acceptors (Lipinski definition) is 5. The highest BCUT2D eigenvalue weighted by Crippen LogP contribution is 2.26. The number of aromatic nitrogens is 3. The van der Waals surface area contributed by atoms with Crippen LogP contribution >= 0.6 is 23.2 Å². The van der Waals surface area contributed by atoms with Crippen molar-refractivity contribution in [1.29, 1.82) is 0 Å². The molecule has 0 bridgehead atoms. The summed E-state index contributed by atoms with van der Waals surface area (Å²) in [6, 6.07) is 1.58. The van der Waals surface area contributed by atoms with E-state index in [2.05, 4.69) is 15.3 Å². The normalized spacial score (nSPS) is 13.1. The van der Waals surface area contributed by atoms with Crippen LogP contribution < -0.4 is 5.32 Å². The van der Waals surface area contributed by atoms with Gasteiger partial charge >= 0.3 is 6.09 Å². The van der Waals surface area contributed by atoms with Crippen molar-refractivity contribution >= 4 is 40.3 Å². The SMILES string of the molecule is COC[C@@H](CNC(=O)OC(C)(C)C)n1ccc2nc(Cl)nc(Cl)c21. The summed E-state index contributed by atoms with van der Waals surface area (Å²) >= 11 is 12.0.